The first-order valence-corrected chi connectivity index (χ1v) is 11.3. The van der Waals surface area contributed by atoms with E-state index in [1.807, 2.05) is 53.9 Å². The van der Waals surface area contributed by atoms with E-state index >= 15 is 0 Å². The third kappa shape index (κ3) is 5.33. The lowest BCUT2D eigenvalue weighted by Crippen LogP contribution is -2.45. The van der Waals surface area contributed by atoms with Gasteiger partial charge in [-0.1, -0.05) is 30.3 Å². The molecular weight excluding hydrogens is 426 g/mol. The highest BCUT2D eigenvalue weighted by Gasteiger charge is 2.28. The van der Waals surface area contributed by atoms with Gasteiger partial charge >= 0.3 is 0 Å². The van der Waals surface area contributed by atoms with Gasteiger partial charge in [0.05, 0.1) is 23.0 Å². The fourth-order valence-electron chi connectivity index (χ4n) is 3.47. The average Bonchev–Trinajstić information content (AvgIpc) is 3.29. The van der Waals surface area contributed by atoms with Crippen LogP contribution in [-0.4, -0.2) is 50.2 Å². The number of carbonyl (C=O) groups excluding carboxylic acids is 2. The zero-order chi connectivity index (χ0) is 22.3. The van der Waals surface area contributed by atoms with Crippen molar-refractivity contribution in [2.24, 2.45) is 0 Å². The van der Waals surface area contributed by atoms with Crippen molar-refractivity contribution in [3.8, 4) is 17.0 Å². The van der Waals surface area contributed by atoms with E-state index in [4.69, 9.17) is 9.47 Å². The highest BCUT2D eigenvalue weighted by Crippen LogP contribution is 2.36. The molecule has 0 radical (unpaired) electrons. The van der Waals surface area contributed by atoms with Crippen LogP contribution in [0.2, 0.25) is 0 Å². The van der Waals surface area contributed by atoms with Crippen LogP contribution >= 0.6 is 11.3 Å². The van der Waals surface area contributed by atoms with Crippen LogP contribution in [0.15, 0.2) is 53.9 Å². The number of methoxy groups -OCH3 is 1. The van der Waals surface area contributed by atoms with Crippen LogP contribution in [0.5, 0.6) is 5.75 Å². The molecule has 0 saturated heterocycles. The number of anilines is 1. The predicted octanol–water partition coefficient (Wildman–Crippen LogP) is 3.08. The Morgan fingerprint density at radius 1 is 1.22 bits per heavy atom. The summed E-state index contributed by atoms with van der Waals surface area (Å²) in [5, 5.41) is 5.88. The van der Waals surface area contributed by atoms with E-state index in [2.05, 4.69) is 10.3 Å². The first-order valence-electron chi connectivity index (χ1n) is 10.5. The molecule has 8 heteroatoms. The van der Waals surface area contributed by atoms with Crippen LogP contribution in [0, 0.1) is 0 Å². The van der Waals surface area contributed by atoms with Gasteiger partial charge in [-0.15, -0.1) is 11.3 Å². The second-order valence-electron chi connectivity index (χ2n) is 7.41. The summed E-state index contributed by atoms with van der Waals surface area (Å²) >= 11 is 1.57. The van der Waals surface area contributed by atoms with Gasteiger partial charge in [-0.25, -0.2) is 4.98 Å². The number of nitrogens with zero attached hydrogens (tertiary/aromatic N) is 2. The fourth-order valence-corrected chi connectivity index (χ4v) is 4.26. The normalized spacial score (nSPS) is 12.9. The fraction of sp³-hybridized carbons (Fsp3) is 0.292. The molecule has 3 aromatic rings. The average molecular weight is 452 g/mol. The molecule has 166 valence electrons. The van der Waals surface area contributed by atoms with E-state index in [-0.39, 0.29) is 25.0 Å². The Morgan fingerprint density at radius 2 is 2.06 bits per heavy atom. The number of aromatic nitrogens is 1. The summed E-state index contributed by atoms with van der Waals surface area (Å²) in [4.78, 5) is 31.2. The van der Waals surface area contributed by atoms with Gasteiger partial charge < -0.3 is 14.8 Å². The van der Waals surface area contributed by atoms with Crippen LogP contribution < -0.4 is 15.0 Å². The number of fused-ring (bicyclic) bond motifs is 1. The number of benzene rings is 2. The number of hydrogen-bond acceptors (Lipinski definition) is 6. The Bertz CT molecular complexity index is 1080. The third-order valence-electron chi connectivity index (χ3n) is 5.15. The number of carbonyl (C=O) groups is 2. The Morgan fingerprint density at radius 3 is 2.88 bits per heavy atom. The topological polar surface area (TPSA) is 80.8 Å². The number of thiazole rings is 1. The standard InChI is InChI=1S/C24H25N3O4S/c1-30-12-10-23-26-19(16-32-23)18-7-8-21-20(13-18)27(24(29)15-31-21)14-22(28)25-11-9-17-5-3-2-4-6-17/h2-8,13,16H,9-12,14-15H2,1H3,(H,25,28). The number of ether oxygens (including phenoxy) is 2. The van der Waals surface area contributed by atoms with Gasteiger partial charge in [0.25, 0.3) is 5.91 Å². The van der Waals surface area contributed by atoms with Crippen LogP contribution in [0.3, 0.4) is 0 Å². The van der Waals surface area contributed by atoms with E-state index in [1.165, 1.54) is 4.90 Å². The molecule has 0 atom stereocenters. The minimum atomic E-state index is -0.244. The molecule has 2 aromatic carbocycles. The molecule has 1 aromatic heterocycles. The molecule has 4 rings (SSSR count). The Labute approximate surface area is 191 Å². The molecule has 0 fully saturated rings. The van der Waals surface area contributed by atoms with Gasteiger partial charge in [-0.3, -0.25) is 14.5 Å². The van der Waals surface area contributed by atoms with E-state index in [9.17, 15) is 9.59 Å². The molecule has 2 heterocycles. The van der Waals surface area contributed by atoms with Gasteiger partial charge in [0.1, 0.15) is 12.3 Å². The van der Waals surface area contributed by atoms with Crippen LogP contribution in [-0.2, 0) is 27.2 Å². The lowest BCUT2D eigenvalue weighted by atomic mass is 10.1. The van der Waals surface area contributed by atoms with Crippen molar-refractivity contribution >= 4 is 28.8 Å². The SMILES string of the molecule is COCCc1nc(-c2ccc3c(c2)N(CC(=O)NCCc2ccccc2)C(=O)CO3)cs1. The number of hydrogen-bond donors (Lipinski definition) is 1. The summed E-state index contributed by atoms with van der Waals surface area (Å²) in [5.74, 6) is 0.134. The summed E-state index contributed by atoms with van der Waals surface area (Å²) in [6, 6.07) is 15.6. The second-order valence-corrected chi connectivity index (χ2v) is 8.35. The molecule has 7 nitrogen and oxygen atoms in total. The summed E-state index contributed by atoms with van der Waals surface area (Å²) in [5.41, 5.74) is 3.44. The van der Waals surface area contributed by atoms with Crippen molar-refractivity contribution in [3.05, 3.63) is 64.5 Å². The molecule has 32 heavy (non-hydrogen) atoms. The third-order valence-corrected chi connectivity index (χ3v) is 6.06. The minimum Gasteiger partial charge on any atom is -0.482 e. The van der Waals surface area contributed by atoms with Crippen molar-refractivity contribution in [2.45, 2.75) is 12.8 Å². The van der Waals surface area contributed by atoms with E-state index in [0.717, 1.165) is 34.7 Å². The highest BCUT2D eigenvalue weighted by molar-refractivity contribution is 7.09. The van der Waals surface area contributed by atoms with Gasteiger partial charge in [0.15, 0.2) is 6.61 Å². The lowest BCUT2D eigenvalue weighted by molar-refractivity contribution is -0.125. The molecule has 2 amide bonds. The zero-order valence-corrected chi connectivity index (χ0v) is 18.7. The van der Waals surface area contributed by atoms with Crippen LogP contribution in [0.4, 0.5) is 5.69 Å². The van der Waals surface area contributed by atoms with Crippen molar-refractivity contribution in [1.82, 2.24) is 10.3 Å². The molecule has 1 aliphatic rings. The Balaban J connectivity index is 1.44. The first kappa shape index (κ1) is 22.0. The molecule has 0 spiro atoms. The molecule has 1 N–H and O–H groups in total. The highest BCUT2D eigenvalue weighted by atomic mass is 32.1. The van der Waals surface area contributed by atoms with E-state index < -0.39 is 0 Å². The maximum Gasteiger partial charge on any atom is 0.265 e. The minimum absolute atomic E-state index is 0.0520. The maximum atomic E-state index is 12.6. The number of rotatable bonds is 9. The largest absolute Gasteiger partial charge is 0.482 e. The molecular formula is C24H25N3O4S. The monoisotopic (exact) mass is 451 g/mol. The predicted molar refractivity (Wildman–Crippen MR) is 124 cm³/mol. The zero-order valence-electron chi connectivity index (χ0n) is 17.9. The molecule has 0 bridgehead atoms. The summed E-state index contributed by atoms with van der Waals surface area (Å²) in [7, 11) is 1.67. The molecule has 0 aliphatic carbocycles. The van der Waals surface area contributed by atoms with Gasteiger partial charge in [-0.05, 0) is 30.2 Å². The van der Waals surface area contributed by atoms with Crippen LogP contribution in [0.1, 0.15) is 10.6 Å². The summed E-state index contributed by atoms with van der Waals surface area (Å²) in [6.07, 6.45) is 1.49. The number of nitrogens with one attached hydrogen (secondary N) is 1. The van der Waals surface area contributed by atoms with Gasteiger partial charge in [-0.2, -0.15) is 0 Å². The van der Waals surface area contributed by atoms with Gasteiger partial charge in [0.2, 0.25) is 5.91 Å². The Kier molecular flexibility index (Phi) is 7.14. The van der Waals surface area contributed by atoms with Crippen molar-refractivity contribution in [1.29, 1.82) is 0 Å². The Hall–Kier alpha value is -3.23. The van der Waals surface area contributed by atoms with E-state index in [0.29, 0.717) is 24.6 Å². The van der Waals surface area contributed by atoms with E-state index in [1.54, 1.807) is 18.4 Å². The quantitative estimate of drug-likeness (QED) is 0.541. The smallest absolute Gasteiger partial charge is 0.265 e. The lowest BCUT2D eigenvalue weighted by Gasteiger charge is -2.29. The summed E-state index contributed by atoms with van der Waals surface area (Å²) < 4.78 is 10.7. The van der Waals surface area contributed by atoms with Crippen molar-refractivity contribution < 1.29 is 19.1 Å². The molecule has 1 aliphatic heterocycles. The molecule has 0 unspecified atom stereocenters. The first-order chi connectivity index (χ1) is 15.6. The maximum absolute atomic E-state index is 12.6. The second kappa shape index (κ2) is 10.4. The summed E-state index contributed by atoms with van der Waals surface area (Å²) in [6.45, 7) is 0.995. The molecule has 0 saturated carbocycles. The van der Waals surface area contributed by atoms with Gasteiger partial charge in [0, 0.05) is 31.0 Å². The van der Waals surface area contributed by atoms with Crippen LogP contribution in [0.25, 0.3) is 11.3 Å². The van der Waals surface area contributed by atoms with Crippen molar-refractivity contribution in [2.75, 3.05) is 38.3 Å². The number of amides is 2. The van der Waals surface area contributed by atoms with Crippen molar-refractivity contribution in [3.63, 3.8) is 0 Å².